The van der Waals surface area contributed by atoms with Crippen LogP contribution in [0.3, 0.4) is 0 Å². The van der Waals surface area contributed by atoms with Gasteiger partial charge in [-0.1, -0.05) is 24.3 Å². The number of anilines is 3. The molecule has 0 saturated heterocycles. The Morgan fingerprint density at radius 2 is 1.95 bits per heavy atom. The Balaban J connectivity index is 1.57. The maximum atomic E-state index is 13.2. The van der Waals surface area contributed by atoms with Gasteiger partial charge in [0.05, 0.1) is 11.8 Å². The predicted octanol–water partition coefficient (Wildman–Crippen LogP) is 3.39. The van der Waals surface area contributed by atoms with Crippen LogP contribution in [0.4, 0.5) is 21.8 Å². The van der Waals surface area contributed by atoms with Crippen molar-refractivity contribution in [3.8, 4) is 11.8 Å². The Hall–Kier alpha value is -3.97. The number of carbonyl (C=O) groups excluding carboxylic acids is 2. The van der Waals surface area contributed by atoms with E-state index in [1.807, 2.05) is 19.0 Å². The third-order valence-corrected chi connectivity index (χ3v) is 6.60. The number of amides is 2. The van der Waals surface area contributed by atoms with Gasteiger partial charge >= 0.3 is 0 Å². The molecule has 1 aromatic carbocycles. The second-order valence-electron chi connectivity index (χ2n) is 9.97. The van der Waals surface area contributed by atoms with Crippen molar-refractivity contribution in [3.63, 3.8) is 0 Å². The molecule has 1 aliphatic rings. The lowest BCUT2D eigenvalue weighted by Gasteiger charge is -2.30. The Labute approximate surface area is 230 Å². The first-order chi connectivity index (χ1) is 18.7. The lowest BCUT2D eigenvalue weighted by atomic mass is 9.86. The Morgan fingerprint density at radius 3 is 2.64 bits per heavy atom. The number of nitrogens with zero attached hydrogens (tertiary/aromatic N) is 4. The molecular formula is C29H38FN7O2. The molecule has 0 unspecified atom stereocenters. The summed E-state index contributed by atoms with van der Waals surface area (Å²) in [7, 11) is 7.26. The number of halogens is 1. The highest BCUT2D eigenvalue weighted by atomic mass is 19.1. The lowest BCUT2D eigenvalue weighted by molar-refractivity contribution is -0.135. The maximum Gasteiger partial charge on any atom is 0.246 e. The largest absolute Gasteiger partial charge is 0.372 e. The lowest BCUT2D eigenvalue weighted by Crippen LogP contribution is -2.49. The van der Waals surface area contributed by atoms with Crippen LogP contribution in [0.15, 0.2) is 42.6 Å². The zero-order chi connectivity index (χ0) is 28.4. The van der Waals surface area contributed by atoms with Crippen molar-refractivity contribution in [3.05, 3.63) is 54.0 Å². The predicted molar refractivity (Wildman–Crippen MR) is 152 cm³/mol. The highest BCUT2D eigenvalue weighted by Gasteiger charge is 2.26. The topological polar surface area (TPSA) is 102 Å². The summed E-state index contributed by atoms with van der Waals surface area (Å²) in [6.45, 7) is 2.39. The monoisotopic (exact) mass is 535 g/mol. The molecule has 0 radical (unpaired) electrons. The van der Waals surface area contributed by atoms with Crippen LogP contribution in [0.25, 0.3) is 0 Å². The fourth-order valence-electron chi connectivity index (χ4n) is 4.19. The quantitative estimate of drug-likeness (QED) is 0.334. The molecule has 0 spiro atoms. The molecule has 3 atom stereocenters. The molecule has 3 rings (SSSR count). The van der Waals surface area contributed by atoms with E-state index in [0.29, 0.717) is 29.6 Å². The van der Waals surface area contributed by atoms with Crippen LogP contribution < -0.4 is 16.0 Å². The van der Waals surface area contributed by atoms with E-state index in [2.05, 4.69) is 37.8 Å². The van der Waals surface area contributed by atoms with Crippen molar-refractivity contribution >= 4 is 29.3 Å². The van der Waals surface area contributed by atoms with E-state index < -0.39 is 6.04 Å². The molecule has 2 aromatic rings. The van der Waals surface area contributed by atoms with Crippen molar-refractivity contribution in [1.82, 2.24) is 25.1 Å². The summed E-state index contributed by atoms with van der Waals surface area (Å²) in [6.07, 6.45) is 8.47. The van der Waals surface area contributed by atoms with Crippen LogP contribution in [0.1, 0.15) is 38.2 Å². The van der Waals surface area contributed by atoms with Gasteiger partial charge in [-0.2, -0.15) is 4.98 Å². The van der Waals surface area contributed by atoms with Crippen LogP contribution in [-0.4, -0.2) is 78.4 Å². The fraction of sp³-hybridized carbons (Fsp3) is 0.448. The molecule has 10 heteroatoms. The van der Waals surface area contributed by atoms with Crippen molar-refractivity contribution in [2.45, 2.75) is 44.7 Å². The van der Waals surface area contributed by atoms with E-state index in [4.69, 9.17) is 0 Å². The minimum Gasteiger partial charge on any atom is -0.372 e. The number of carbonyl (C=O) groups is 2. The van der Waals surface area contributed by atoms with E-state index in [-0.39, 0.29) is 29.6 Å². The van der Waals surface area contributed by atoms with Crippen molar-refractivity contribution in [1.29, 1.82) is 0 Å². The van der Waals surface area contributed by atoms with E-state index in [1.165, 1.54) is 23.1 Å². The average molecular weight is 536 g/mol. The molecule has 1 aliphatic carbocycles. The first kappa shape index (κ1) is 29.6. The summed E-state index contributed by atoms with van der Waals surface area (Å²) < 4.78 is 13.2. The van der Waals surface area contributed by atoms with Crippen LogP contribution in [0.5, 0.6) is 0 Å². The van der Waals surface area contributed by atoms with Gasteiger partial charge in [0.2, 0.25) is 17.8 Å². The first-order valence-corrected chi connectivity index (χ1v) is 13.1. The van der Waals surface area contributed by atoms with E-state index in [0.717, 1.165) is 25.7 Å². The van der Waals surface area contributed by atoms with Crippen LogP contribution in [0, 0.1) is 23.6 Å². The van der Waals surface area contributed by atoms with Gasteiger partial charge in [-0.25, -0.2) is 9.37 Å². The number of hydrogen-bond donors (Lipinski definition) is 3. The van der Waals surface area contributed by atoms with Gasteiger partial charge in [-0.15, -0.1) is 0 Å². The minimum atomic E-state index is -0.578. The van der Waals surface area contributed by atoms with E-state index in [9.17, 15) is 14.0 Å². The number of hydrogen-bond acceptors (Lipinski definition) is 7. The summed E-state index contributed by atoms with van der Waals surface area (Å²) in [4.78, 5) is 37.5. The zero-order valence-electron chi connectivity index (χ0n) is 23.3. The number of likely N-dealkylation sites (N-methyl/N-ethyl adjacent to an activating group) is 2. The van der Waals surface area contributed by atoms with Crippen LogP contribution >= 0.6 is 0 Å². The Bertz CT molecular complexity index is 1220. The highest BCUT2D eigenvalue weighted by Crippen LogP contribution is 2.25. The van der Waals surface area contributed by atoms with Crippen molar-refractivity contribution < 1.29 is 14.0 Å². The molecular weight excluding hydrogens is 497 g/mol. The van der Waals surface area contributed by atoms with Gasteiger partial charge in [-0.05, 0) is 64.5 Å². The first-order valence-electron chi connectivity index (χ1n) is 13.1. The molecule has 1 saturated carbocycles. The third-order valence-electron chi connectivity index (χ3n) is 6.60. The molecule has 0 aliphatic heterocycles. The maximum absolute atomic E-state index is 13.2. The molecule has 9 nitrogen and oxygen atoms in total. The Kier molecular flexibility index (Phi) is 10.8. The number of aromatic nitrogens is 2. The second kappa shape index (κ2) is 14.3. The van der Waals surface area contributed by atoms with Gasteiger partial charge in [-0.3, -0.25) is 9.59 Å². The second-order valence-corrected chi connectivity index (χ2v) is 9.97. The van der Waals surface area contributed by atoms with Gasteiger partial charge in [0.1, 0.15) is 17.7 Å². The molecule has 3 N–H and O–H groups in total. The molecule has 1 aromatic heterocycles. The molecule has 1 fully saturated rings. The van der Waals surface area contributed by atoms with Gasteiger partial charge in [0.25, 0.3) is 0 Å². The van der Waals surface area contributed by atoms with Gasteiger partial charge in [0, 0.05) is 44.4 Å². The van der Waals surface area contributed by atoms with Gasteiger partial charge in [0.15, 0.2) is 0 Å². The third kappa shape index (κ3) is 9.07. The minimum absolute atomic E-state index is 0.00286. The summed E-state index contributed by atoms with van der Waals surface area (Å²) in [5, 5.41) is 9.22. The molecule has 39 heavy (non-hydrogen) atoms. The van der Waals surface area contributed by atoms with Crippen molar-refractivity contribution in [2.75, 3.05) is 45.4 Å². The number of nitrogens with one attached hydrogen (secondary N) is 3. The summed E-state index contributed by atoms with van der Waals surface area (Å²) in [6, 6.07) is 5.39. The van der Waals surface area contributed by atoms with Gasteiger partial charge < -0.3 is 25.8 Å². The van der Waals surface area contributed by atoms with Crippen LogP contribution in [0.2, 0.25) is 0 Å². The molecule has 1 heterocycles. The summed E-state index contributed by atoms with van der Waals surface area (Å²) in [5.41, 5.74) is 1.35. The molecule has 208 valence electrons. The normalized spacial score (nSPS) is 17.7. The van der Waals surface area contributed by atoms with E-state index >= 15 is 0 Å². The highest BCUT2D eigenvalue weighted by molar-refractivity contribution is 5.92. The van der Waals surface area contributed by atoms with Crippen molar-refractivity contribution in [2.24, 2.45) is 5.92 Å². The van der Waals surface area contributed by atoms with Crippen LogP contribution in [-0.2, 0) is 9.59 Å². The SMILES string of the molecule is CNc1nc(Nc2ccc(F)cc2)ncc1C#C[C@@H]1CCC[C@H](NC(=O)[C@H](C)N(C)C(=O)/C=C/CN(C)C)C1. The smallest absolute Gasteiger partial charge is 0.246 e. The number of rotatable bonds is 9. The fourth-order valence-corrected chi connectivity index (χ4v) is 4.19. The van der Waals surface area contributed by atoms with E-state index in [1.54, 1.807) is 45.4 Å². The summed E-state index contributed by atoms with van der Waals surface area (Å²) >= 11 is 0. The molecule has 0 bridgehead atoms. The Morgan fingerprint density at radius 1 is 1.21 bits per heavy atom. The summed E-state index contributed by atoms with van der Waals surface area (Å²) in [5.74, 6) is 6.94. The zero-order valence-corrected chi connectivity index (χ0v) is 23.3. The number of benzene rings is 1. The average Bonchev–Trinajstić information content (AvgIpc) is 2.92. The molecule has 2 amide bonds. The standard InChI is InChI=1S/C29H38FN7O2/c1-20(37(5)26(38)10-7-17-36(3)4)28(39)33-25-9-6-8-21(18-25)11-12-22-19-32-29(35-27(22)31-2)34-24-15-13-23(30)14-16-24/h7,10,13-16,19-21,25H,6,8-9,17-18H2,1-5H3,(H,33,39)(H2,31,32,34,35)/b10-7+/t20-,21-,25-/m0/s1.